The van der Waals surface area contributed by atoms with Crippen molar-refractivity contribution < 1.29 is 29.6 Å². The maximum absolute atomic E-state index is 13.3. The number of hydrogen-bond acceptors (Lipinski definition) is 9. The number of fused-ring (bicyclic) bond motifs is 5. The van der Waals surface area contributed by atoms with Crippen molar-refractivity contribution in [2.24, 2.45) is 46.0 Å². The SMILES string of the molecule is CC(=O)O[C@H]1C[C@@]2(C)[C@@H](C[C@@H](O)[C@@H]3[C@]2(N)CC[C@@]2(n4cc(CN)nn4)[C@H](C)[C@H](O)CC[C@]32C)/C1=C(/C(=O)O)C1CCCC(=C(C)C)C1. The molecule has 1 heterocycles. The maximum Gasteiger partial charge on any atom is 0.331 e. The molecule has 11 heteroatoms. The van der Waals surface area contributed by atoms with Gasteiger partial charge in [0.2, 0.25) is 0 Å². The fourth-order valence-electron chi connectivity index (χ4n) is 11.8. The predicted octanol–water partition coefficient (Wildman–Crippen LogP) is 3.97. The van der Waals surface area contributed by atoms with Crippen LogP contribution < -0.4 is 11.5 Å². The molecule has 0 aromatic carbocycles. The minimum atomic E-state index is -0.976. The molecule has 0 aliphatic heterocycles. The Kier molecular flexibility index (Phi) is 8.59. The first-order valence-electron chi connectivity index (χ1n) is 17.6. The third-order valence-electron chi connectivity index (χ3n) is 14.1. The number of allylic oxidation sites excluding steroid dienone is 2. The highest BCUT2D eigenvalue weighted by Gasteiger charge is 2.75. The third kappa shape index (κ3) is 4.81. The van der Waals surface area contributed by atoms with Crippen LogP contribution in [0.25, 0.3) is 0 Å². The van der Waals surface area contributed by atoms with Crippen molar-refractivity contribution in [2.75, 3.05) is 0 Å². The highest BCUT2D eigenvalue weighted by atomic mass is 16.5. The zero-order valence-electron chi connectivity index (χ0n) is 29.0. The number of aromatic nitrogens is 3. The minimum Gasteiger partial charge on any atom is -0.478 e. The van der Waals surface area contributed by atoms with E-state index in [2.05, 4.69) is 44.9 Å². The van der Waals surface area contributed by atoms with E-state index in [4.69, 9.17) is 16.2 Å². The molecule has 47 heavy (non-hydrogen) atoms. The predicted molar refractivity (Wildman–Crippen MR) is 175 cm³/mol. The maximum atomic E-state index is 13.3. The Hall–Kier alpha value is -2.60. The van der Waals surface area contributed by atoms with Crippen LogP contribution in [0.15, 0.2) is 28.5 Å². The number of carboxylic acid groups (broad SMARTS) is 1. The molecule has 1 aromatic rings. The number of esters is 1. The van der Waals surface area contributed by atoms with Crippen LogP contribution in [0.4, 0.5) is 0 Å². The van der Waals surface area contributed by atoms with Gasteiger partial charge in [0.05, 0.1) is 29.6 Å². The van der Waals surface area contributed by atoms with Crippen LogP contribution in [-0.4, -0.2) is 66.1 Å². The Morgan fingerprint density at radius 1 is 1.09 bits per heavy atom. The molecule has 0 spiro atoms. The summed E-state index contributed by atoms with van der Waals surface area (Å²) >= 11 is 0. The summed E-state index contributed by atoms with van der Waals surface area (Å²) in [4.78, 5) is 25.9. The van der Waals surface area contributed by atoms with E-state index in [0.717, 1.165) is 19.3 Å². The van der Waals surface area contributed by atoms with E-state index in [9.17, 15) is 24.9 Å². The molecule has 0 bridgehead atoms. The molecule has 7 N–H and O–H groups in total. The molecule has 260 valence electrons. The molecule has 5 saturated carbocycles. The number of carbonyl (C=O) groups excluding carboxylic acids is 1. The van der Waals surface area contributed by atoms with Gasteiger partial charge >= 0.3 is 11.9 Å². The standard InChI is InChI=1S/C36H55N5O6/c1-19(2)22-8-7-9-23(14-22)29(32(45)46)30-25-15-27(44)31-33(5)11-10-26(43)20(3)36(33,41-18-24(17-37)39-40-41)13-12-35(31,38)34(25,6)16-28(30)47-21(4)42/h18,20,23,25-28,31,43-44H,7-17,37-38H2,1-6H3,(H,45,46)/b30-29-/t20-,23?,25+,26-,27-,28+,31+,33-,34+,35-,36-/m1/s1. The molecular formula is C36H55N5O6. The van der Waals surface area contributed by atoms with Gasteiger partial charge in [0, 0.05) is 41.8 Å². The third-order valence-corrected chi connectivity index (χ3v) is 14.1. The molecule has 5 fully saturated rings. The number of aliphatic hydroxyl groups excluding tert-OH is 2. The zero-order chi connectivity index (χ0) is 34.3. The monoisotopic (exact) mass is 653 g/mol. The number of aliphatic carboxylic acids is 1. The lowest BCUT2D eigenvalue weighted by atomic mass is 9.36. The fraction of sp³-hybridized carbons (Fsp3) is 0.778. The van der Waals surface area contributed by atoms with Crippen LogP contribution in [0.5, 0.6) is 0 Å². The molecule has 0 saturated heterocycles. The normalized spacial score (nSPS) is 44.2. The Morgan fingerprint density at radius 2 is 1.81 bits per heavy atom. The Morgan fingerprint density at radius 3 is 2.43 bits per heavy atom. The average Bonchev–Trinajstić information content (AvgIpc) is 3.59. The highest BCUT2D eigenvalue weighted by molar-refractivity contribution is 5.89. The molecule has 11 nitrogen and oxygen atoms in total. The summed E-state index contributed by atoms with van der Waals surface area (Å²) in [5.41, 5.74) is 15.0. The summed E-state index contributed by atoms with van der Waals surface area (Å²) in [5.74, 6) is -2.60. The summed E-state index contributed by atoms with van der Waals surface area (Å²) in [5, 5.41) is 43.5. The highest BCUT2D eigenvalue weighted by Crippen LogP contribution is 2.72. The molecule has 6 rings (SSSR count). The van der Waals surface area contributed by atoms with E-state index in [1.54, 1.807) is 0 Å². The second-order valence-electron chi connectivity index (χ2n) is 16.3. The molecule has 1 aromatic heterocycles. The Bertz CT molecular complexity index is 1500. The molecule has 11 atom stereocenters. The molecular weight excluding hydrogens is 598 g/mol. The van der Waals surface area contributed by atoms with Crippen LogP contribution >= 0.6 is 0 Å². The Balaban J connectivity index is 1.51. The van der Waals surface area contributed by atoms with Crippen LogP contribution in [0.1, 0.15) is 111 Å². The van der Waals surface area contributed by atoms with Crippen molar-refractivity contribution in [1.82, 2.24) is 15.0 Å². The molecule has 0 amide bonds. The fourth-order valence-corrected chi connectivity index (χ4v) is 11.8. The summed E-state index contributed by atoms with van der Waals surface area (Å²) in [7, 11) is 0. The van der Waals surface area contributed by atoms with Crippen molar-refractivity contribution in [3.05, 3.63) is 34.2 Å². The van der Waals surface area contributed by atoms with Gasteiger partial charge in [-0.05, 0) is 101 Å². The number of aliphatic hydroxyl groups is 2. The zero-order valence-corrected chi connectivity index (χ0v) is 29.0. The van der Waals surface area contributed by atoms with Crippen molar-refractivity contribution in [3.63, 3.8) is 0 Å². The smallest absolute Gasteiger partial charge is 0.331 e. The van der Waals surface area contributed by atoms with Crippen molar-refractivity contribution in [1.29, 1.82) is 0 Å². The van der Waals surface area contributed by atoms with Crippen molar-refractivity contribution >= 4 is 11.9 Å². The largest absolute Gasteiger partial charge is 0.478 e. The summed E-state index contributed by atoms with van der Waals surface area (Å²) < 4.78 is 7.93. The van der Waals surface area contributed by atoms with E-state index in [-0.39, 0.29) is 24.3 Å². The number of rotatable bonds is 5. The van der Waals surface area contributed by atoms with Gasteiger partial charge in [0.1, 0.15) is 6.10 Å². The number of ether oxygens (including phenoxy) is 1. The average molecular weight is 654 g/mol. The summed E-state index contributed by atoms with van der Waals surface area (Å²) in [6, 6.07) is 0. The van der Waals surface area contributed by atoms with Gasteiger partial charge in [0.25, 0.3) is 0 Å². The summed E-state index contributed by atoms with van der Waals surface area (Å²) in [6.07, 6.45) is 6.04. The van der Waals surface area contributed by atoms with Crippen LogP contribution in [0.2, 0.25) is 0 Å². The molecule has 0 radical (unpaired) electrons. The lowest BCUT2D eigenvalue weighted by Crippen LogP contribution is -2.78. The van der Waals surface area contributed by atoms with E-state index in [0.29, 0.717) is 61.8 Å². The molecule has 5 aliphatic carbocycles. The molecule has 1 unspecified atom stereocenters. The van der Waals surface area contributed by atoms with Crippen LogP contribution in [-0.2, 0) is 26.4 Å². The first kappa shape index (κ1) is 34.3. The van der Waals surface area contributed by atoms with Gasteiger partial charge < -0.3 is 31.5 Å². The lowest BCUT2D eigenvalue weighted by Gasteiger charge is -2.71. The van der Waals surface area contributed by atoms with Crippen LogP contribution in [0.3, 0.4) is 0 Å². The summed E-state index contributed by atoms with van der Waals surface area (Å²) in [6.45, 7) is 12.2. The first-order chi connectivity index (χ1) is 22.1. The topological polar surface area (TPSA) is 187 Å². The number of carboxylic acids is 1. The lowest BCUT2D eigenvalue weighted by molar-refractivity contribution is -0.237. The van der Waals surface area contributed by atoms with Crippen molar-refractivity contribution in [3.8, 4) is 0 Å². The first-order valence-corrected chi connectivity index (χ1v) is 17.6. The van der Waals surface area contributed by atoms with E-state index < -0.39 is 58.1 Å². The van der Waals surface area contributed by atoms with Gasteiger partial charge in [-0.1, -0.05) is 37.1 Å². The van der Waals surface area contributed by atoms with Crippen molar-refractivity contribution in [2.45, 2.75) is 142 Å². The van der Waals surface area contributed by atoms with Gasteiger partial charge in [-0.25, -0.2) is 9.48 Å². The quantitative estimate of drug-likeness (QED) is 0.177. The number of carbonyl (C=O) groups is 2. The van der Waals surface area contributed by atoms with Gasteiger partial charge in [-0.3, -0.25) is 4.79 Å². The second kappa shape index (κ2) is 11.8. The van der Waals surface area contributed by atoms with E-state index in [1.165, 1.54) is 18.1 Å². The minimum absolute atomic E-state index is 0.196. The second-order valence-corrected chi connectivity index (χ2v) is 16.3. The Labute approximate surface area is 278 Å². The number of hydrogen-bond donors (Lipinski definition) is 5. The molecule has 5 aliphatic rings. The van der Waals surface area contributed by atoms with Crippen LogP contribution in [0, 0.1) is 34.5 Å². The number of nitrogens with two attached hydrogens (primary N) is 2. The van der Waals surface area contributed by atoms with Gasteiger partial charge in [-0.2, -0.15) is 0 Å². The van der Waals surface area contributed by atoms with Gasteiger partial charge in [0.15, 0.2) is 0 Å². The van der Waals surface area contributed by atoms with Gasteiger partial charge in [-0.15, -0.1) is 5.10 Å². The van der Waals surface area contributed by atoms with E-state index in [1.807, 2.05) is 10.9 Å². The number of nitrogens with zero attached hydrogens (tertiary/aromatic N) is 3. The van der Waals surface area contributed by atoms with E-state index >= 15 is 0 Å².